The van der Waals surface area contributed by atoms with E-state index in [9.17, 15) is 0 Å². The van der Waals surface area contributed by atoms with Crippen LogP contribution in [0, 0.1) is 0 Å². The quantitative estimate of drug-likeness (QED) is 0.534. The summed E-state index contributed by atoms with van der Waals surface area (Å²) in [5.41, 5.74) is 6.84. The molecule has 0 fully saturated rings. The SMILES string of the molecule is COc1ccc(C2C=C(C(Cl)(Cl)Cl)NN(C(Cl)(Cl)Cl)N2)cc1. The first-order valence-electron chi connectivity index (χ1n) is 5.94. The van der Waals surface area contributed by atoms with Crippen molar-refractivity contribution in [2.45, 2.75) is 13.8 Å². The van der Waals surface area contributed by atoms with Crippen LogP contribution < -0.4 is 15.6 Å². The van der Waals surface area contributed by atoms with Crippen LogP contribution in [-0.2, 0) is 0 Å². The molecule has 2 N–H and O–H groups in total. The summed E-state index contributed by atoms with van der Waals surface area (Å²) in [7, 11) is 1.59. The van der Waals surface area contributed by atoms with Gasteiger partial charge < -0.3 is 10.2 Å². The Bertz CT molecular complexity index is 551. The van der Waals surface area contributed by atoms with Gasteiger partial charge in [0.15, 0.2) is 0 Å². The summed E-state index contributed by atoms with van der Waals surface area (Å²) in [6.07, 6.45) is 1.70. The fourth-order valence-corrected chi connectivity index (χ4v) is 2.40. The van der Waals surface area contributed by atoms with Crippen LogP contribution in [0.15, 0.2) is 36.0 Å². The molecule has 0 saturated carbocycles. The van der Waals surface area contributed by atoms with Crippen molar-refractivity contribution in [1.82, 2.24) is 16.0 Å². The summed E-state index contributed by atoms with van der Waals surface area (Å²) in [5.74, 6) is 0.724. The lowest BCUT2D eigenvalue weighted by atomic mass is 10.1. The van der Waals surface area contributed by atoms with Crippen molar-refractivity contribution in [2.24, 2.45) is 0 Å². The minimum absolute atomic E-state index is 0.267. The van der Waals surface area contributed by atoms with Gasteiger partial charge in [-0.05, 0) is 23.8 Å². The van der Waals surface area contributed by atoms with Gasteiger partial charge in [0.2, 0.25) is 3.79 Å². The number of nitrogens with one attached hydrogen (secondary N) is 2. The largest absolute Gasteiger partial charge is 0.497 e. The van der Waals surface area contributed by atoms with Gasteiger partial charge in [-0.2, -0.15) is 0 Å². The highest BCUT2D eigenvalue weighted by atomic mass is 35.6. The maximum atomic E-state index is 5.92. The number of hydrogen-bond donors (Lipinski definition) is 2. The van der Waals surface area contributed by atoms with Gasteiger partial charge in [-0.15, -0.1) is 5.12 Å². The second-order valence-electron chi connectivity index (χ2n) is 4.37. The molecule has 22 heavy (non-hydrogen) atoms. The van der Waals surface area contributed by atoms with E-state index in [0.717, 1.165) is 16.4 Å². The van der Waals surface area contributed by atoms with Gasteiger partial charge in [0.05, 0.1) is 18.8 Å². The summed E-state index contributed by atoms with van der Waals surface area (Å²) in [6.45, 7) is 0. The molecule has 4 nitrogen and oxygen atoms in total. The van der Waals surface area contributed by atoms with E-state index in [0.29, 0.717) is 0 Å². The first-order valence-corrected chi connectivity index (χ1v) is 8.21. The number of benzene rings is 1. The van der Waals surface area contributed by atoms with Crippen molar-refractivity contribution < 1.29 is 4.74 Å². The van der Waals surface area contributed by atoms with E-state index in [1.165, 1.54) is 0 Å². The first-order chi connectivity index (χ1) is 10.1. The highest BCUT2D eigenvalue weighted by molar-refractivity contribution is 6.69. The number of rotatable bonds is 2. The minimum atomic E-state index is -1.79. The third-order valence-electron chi connectivity index (χ3n) is 2.87. The summed E-state index contributed by atoms with van der Waals surface area (Å²) >= 11 is 35.4. The fraction of sp³-hybridized carbons (Fsp3) is 0.333. The van der Waals surface area contributed by atoms with E-state index in [1.807, 2.05) is 24.3 Å². The summed E-state index contributed by atoms with van der Waals surface area (Å²) in [4.78, 5) is 0. The third kappa shape index (κ3) is 4.62. The summed E-state index contributed by atoms with van der Waals surface area (Å²) in [5, 5.41) is 1.14. The van der Waals surface area contributed by atoms with Crippen molar-refractivity contribution in [2.75, 3.05) is 7.11 Å². The van der Waals surface area contributed by atoms with Crippen LogP contribution in [0.1, 0.15) is 11.6 Å². The Hall–Kier alpha value is 0.220. The molecule has 2 rings (SSSR count). The highest BCUT2D eigenvalue weighted by Gasteiger charge is 2.39. The van der Waals surface area contributed by atoms with Gasteiger partial charge in [0.1, 0.15) is 5.75 Å². The normalized spacial score (nSPS) is 20.3. The Labute approximate surface area is 158 Å². The highest BCUT2D eigenvalue weighted by Crippen LogP contribution is 2.39. The first kappa shape index (κ1) is 18.6. The van der Waals surface area contributed by atoms with Gasteiger partial charge in [0, 0.05) is 0 Å². The molecule has 1 aromatic carbocycles. The molecule has 0 aliphatic carbocycles. The average Bonchev–Trinajstić information content (AvgIpc) is 2.45. The molecular formula is C12H11Cl6N3O. The number of alkyl halides is 6. The molecule has 0 aromatic heterocycles. The number of methoxy groups -OCH3 is 1. The molecule has 1 heterocycles. The monoisotopic (exact) mass is 423 g/mol. The smallest absolute Gasteiger partial charge is 0.277 e. The summed E-state index contributed by atoms with van der Waals surface area (Å²) < 4.78 is 1.64. The molecule has 122 valence electrons. The molecule has 0 radical (unpaired) electrons. The molecule has 0 bridgehead atoms. The Morgan fingerprint density at radius 1 is 1.05 bits per heavy atom. The predicted molar refractivity (Wildman–Crippen MR) is 92.5 cm³/mol. The molecule has 1 aliphatic rings. The van der Waals surface area contributed by atoms with Crippen LogP contribution in [0.3, 0.4) is 0 Å². The van der Waals surface area contributed by atoms with Gasteiger partial charge in [-0.25, -0.2) is 5.43 Å². The molecule has 1 atom stereocenters. The number of nitrogens with zero attached hydrogens (tertiary/aromatic N) is 1. The van der Waals surface area contributed by atoms with Crippen LogP contribution in [0.4, 0.5) is 0 Å². The number of hydrazine groups is 2. The zero-order valence-corrected chi connectivity index (χ0v) is 15.6. The van der Waals surface area contributed by atoms with Crippen LogP contribution in [0.5, 0.6) is 5.75 Å². The van der Waals surface area contributed by atoms with E-state index in [1.54, 1.807) is 13.2 Å². The third-order valence-corrected chi connectivity index (χ3v) is 3.99. The standard InChI is InChI=1S/C12H11Cl6N3O/c1-22-8-4-2-7(3-5-8)9-6-10(11(13,14)15)20-21(19-9)12(16,17)18/h2-6,9,19-20H,1H3. The predicted octanol–water partition coefficient (Wildman–Crippen LogP) is 4.64. The fourth-order valence-electron chi connectivity index (χ4n) is 1.81. The number of hydrogen-bond acceptors (Lipinski definition) is 4. The lowest BCUT2D eigenvalue weighted by Gasteiger charge is -2.39. The van der Waals surface area contributed by atoms with Crippen LogP contribution in [0.25, 0.3) is 0 Å². The van der Waals surface area contributed by atoms with Gasteiger partial charge in [0.25, 0.3) is 3.92 Å². The molecule has 1 aromatic rings. The Morgan fingerprint density at radius 3 is 2.09 bits per heavy atom. The topological polar surface area (TPSA) is 36.5 Å². The van der Waals surface area contributed by atoms with Crippen LogP contribution in [0.2, 0.25) is 0 Å². The maximum absolute atomic E-state index is 5.92. The van der Waals surface area contributed by atoms with E-state index in [2.05, 4.69) is 10.9 Å². The van der Waals surface area contributed by atoms with Crippen molar-refractivity contribution in [3.63, 3.8) is 0 Å². The molecular weight excluding hydrogens is 415 g/mol. The molecule has 0 saturated heterocycles. The Kier molecular flexibility index (Phi) is 5.90. The molecule has 0 spiro atoms. The van der Waals surface area contributed by atoms with Crippen LogP contribution >= 0.6 is 69.6 Å². The summed E-state index contributed by atoms with van der Waals surface area (Å²) in [6, 6.07) is 6.95. The lowest BCUT2D eigenvalue weighted by molar-refractivity contribution is 0.0989. The Morgan fingerprint density at radius 2 is 1.64 bits per heavy atom. The minimum Gasteiger partial charge on any atom is -0.497 e. The number of allylic oxidation sites excluding steroid dienone is 1. The molecule has 10 heteroatoms. The molecule has 1 unspecified atom stereocenters. The van der Waals surface area contributed by atoms with E-state index in [-0.39, 0.29) is 11.7 Å². The van der Waals surface area contributed by atoms with Crippen molar-refractivity contribution in [3.8, 4) is 5.75 Å². The maximum Gasteiger partial charge on any atom is 0.277 e. The second kappa shape index (κ2) is 6.99. The van der Waals surface area contributed by atoms with E-state index in [4.69, 9.17) is 74.3 Å². The Balaban J connectivity index is 2.35. The van der Waals surface area contributed by atoms with Crippen molar-refractivity contribution in [1.29, 1.82) is 0 Å². The molecule has 1 aliphatic heterocycles. The molecule has 0 amide bonds. The number of ether oxygens (including phenoxy) is 1. The second-order valence-corrected chi connectivity index (χ2v) is 8.88. The van der Waals surface area contributed by atoms with Crippen molar-refractivity contribution >= 4 is 69.6 Å². The van der Waals surface area contributed by atoms with Crippen molar-refractivity contribution in [3.05, 3.63) is 41.6 Å². The van der Waals surface area contributed by atoms with Gasteiger partial charge >= 0.3 is 0 Å². The zero-order valence-electron chi connectivity index (χ0n) is 11.1. The van der Waals surface area contributed by atoms with Gasteiger partial charge in [-0.1, -0.05) is 81.7 Å². The average molecular weight is 426 g/mol. The lowest BCUT2D eigenvalue weighted by Crippen LogP contribution is -2.59. The van der Waals surface area contributed by atoms with E-state index < -0.39 is 7.71 Å². The van der Waals surface area contributed by atoms with Gasteiger partial charge in [-0.3, -0.25) is 0 Å². The number of halogens is 6. The van der Waals surface area contributed by atoms with Crippen LogP contribution in [-0.4, -0.2) is 19.9 Å². The van der Waals surface area contributed by atoms with E-state index >= 15 is 0 Å². The zero-order chi connectivity index (χ0) is 16.5.